The van der Waals surface area contributed by atoms with E-state index in [1.807, 2.05) is 39.8 Å². The lowest BCUT2D eigenvalue weighted by Crippen LogP contribution is -2.24. The molecule has 0 bridgehead atoms. The number of hydrogen-bond acceptors (Lipinski definition) is 4. The summed E-state index contributed by atoms with van der Waals surface area (Å²) in [7, 11) is -3.50. The van der Waals surface area contributed by atoms with Crippen molar-refractivity contribution in [1.29, 1.82) is 0 Å². The molecule has 1 aromatic carbocycles. The van der Waals surface area contributed by atoms with Gasteiger partial charge in [-0.05, 0) is 51.0 Å². The van der Waals surface area contributed by atoms with Crippen LogP contribution in [-0.4, -0.2) is 24.8 Å². The summed E-state index contributed by atoms with van der Waals surface area (Å²) in [6.45, 7) is 7.44. The maximum absolute atomic E-state index is 12.6. The molecule has 0 fully saturated rings. The zero-order valence-corrected chi connectivity index (χ0v) is 14.8. The highest BCUT2D eigenvalue weighted by Crippen LogP contribution is 2.28. The fraction of sp³-hybridized carbons (Fsp3) is 0.438. The van der Waals surface area contributed by atoms with Gasteiger partial charge in [0, 0.05) is 11.4 Å². The molecular formula is C16H20ClNO3S. The third-order valence-electron chi connectivity index (χ3n) is 3.46. The fourth-order valence-corrected chi connectivity index (χ4v) is 4.06. The molecule has 22 heavy (non-hydrogen) atoms. The van der Waals surface area contributed by atoms with Gasteiger partial charge in [-0.25, -0.2) is 8.42 Å². The summed E-state index contributed by atoms with van der Waals surface area (Å²) in [6.07, 6.45) is 0.298. The molecule has 0 spiro atoms. The Morgan fingerprint density at radius 3 is 2.32 bits per heavy atom. The van der Waals surface area contributed by atoms with Crippen LogP contribution in [0.5, 0.6) is 0 Å². The first-order chi connectivity index (χ1) is 10.1. The second kappa shape index (κ2) is 6.05. The van der Waals surface area contributed by atoms with Crippen molar-refractivity contribution in [2.45, 2.75) is 39.7 Å². The molecule has 2 rings (SSSR count). The second-order valence-corrected chi connectivity index (χ2v) is 8.68. The Hall–Kier alpha value is -1.33. The highest BCUT2D eigenvalue weighted by molar-refractivity contribution is 8.06. The molecule has 1 heterocycles. The highest BCUT2D eigenvalue weighted by atomic mass is 35.5. The minimum absolute atomic E-state index is 0.0881. The molecule has 0 aliphatic carbocycles. The maximum Gasteiger partial charge on any atom is 0.199 e. The van der Waals surface area contributed by atoms with E-state index >= 15 is 0 Å². The lowest BCUT2D eigenvalue weighted by atomic mass is 10.0. The number of hydrogen-bond donors (Lipinski definition) is 0. The van der Waals surface area contributed by atoms with E-state index in [1.54, 1.807) is 12.1 Å². The summed E-state index contributed by atoms with van der Waals surface area (Å²) < 4.78 is 25.2. The summed E-state index contributed by atoms with van der Waals surface area (Å²) in [5, 5.41) is 4.50. The molecule has 1 aliphatic heterocycles. The molecule has 0 radical (unpaired) electrons. The van der Waals surface area contributed by atoms with Crippen LogP contribution < -0.4 is 0 Å². The highest BCUT2D eigenvalue weighted by Gasteiger charge is 2.36. The molecule has 0 unspecified atom stereocenters. The van der Waals surface area contributed by atoms with Crippen molar-refractivity contribution in [3.8, 4) is 0 Å². The molecule has 4 nitrogen and oxygen atoms in total. The number of halogens is 1. The molecule has 0 amide bonds. The van der Waals surface area contributed by atoms with Gasteiger partial charge in [-0.15, -0.1) is 0 Å². The van der Waals surface area contributed by atoms with Gasteiger partial charge in [-0.3, -0.25) is 0 Å². The smallest absolute Gasteiger partial charge is 0.199 e. The molecule has 120 valence electrons. The Balaban J connectivity index is 2.30. The molecule has 0 saturated carbocycles. The first-order valence-corrected chi connectivity index (χ1v) is 9.04. The van der Waals surface area contributed by atoms with Gasteiger partial charge >= 0.3 is 0 Å². The van der Waals surface area contributed by atoms with E-state index in [2.05, 4.69) is 5.16 Å². The number of benzene rings is 1. The molecule has 0 N–H and O–H groups in total. The standard InChI is InChI=1S/C16H20ClNO3S/c1-11(2)14(12-5-7-13(17)8-6-12)10-22(19,20)15-9-16(3,4)21-18-15/h5-8H,9-10H2,1-4H3. The Bertz CT molecular complexity index is 727. The Labute approximate surface area is 136 Å². The van der Waals surface area contributed by atoms with E-state index in [0.29, 0.717) is 11.4 Å². The van der Waals surface area contributed by atoms with Crippen LogP contribution in [0.1, 0.15) is 39.7 Å². The van der Waals surface area contributed by atoms with Crippen LogP contribution >= 0.6 is 11.6 Å². The van der Waals surface area contributed by atoms with Gasteiger partial charge in [0.1, 0.15) is 5.60 Å². The normalized spacial score (nSPS) is 16.9. The average molecular weight is 342 g/mol. The third-order valence-corrected chi connectivity index (χ3v) is 5.32. The molecule has 6 heteroatoms. The Morgan fingerprint density at radius 2 is 1.86 bits per heavy atom. The molecular weight excluding hydrogens is 322 g/mol. The van der Waals surface area contributed by atoms with Crippen LogP contribution in [0.2, 0.25) is 5.02 Å². The predicted octanol–water partition coefficient (Wildman–Crippen LogP) is 4.06. The van der Waals surface area contributed by atoms with Crippen molar-refractivity contribution in [2.24, 2.45) is 5.16 Å². The minimum Gasteiger partial charge on any atom is -0.389 e. The number of rotatable bonds is 3. The van der Waals surface area contributed by atoms with Crippen LogP contribution in [0.25, 0.3) is 5.57 Å². The minimum atomic E-state index is -3.50. The first-order valence-electron chi connectivity index (χ1n) is 7.01. The van der Waals surface area contributed by atoms with Crippen LogP contribution in [0.15, 0.2) is 35.0 Å². The summed E-state index contributed by atoms with van der Waals surface area (Å²) in [5.74, 6) is -0.0881. The summed E-state index contributed by atoms with van der Waals surface area (Å²) in [4.78, 5) is 5.18. The summed E-state index contributed by atoms with van der Waals surface area (Å²) in [6, 6.07) is 7.17. The fourth-order valence-electron chi connectivity index (χ4n) is 2.21. The first kappa shape index (κ1) is 17.0. The summed E-state index contributed by atoms with van der Waals surface area (Å²) in [5.41, 5.74) is 2.01. The van der Waals surface area contributed by atoms with Crippen LogP contribution in [0.3, 0.4) is 0 Å². The molecule has 1 aromatic rings. The number of sulfone groups is 1. The molecule has 0 saturated heterocycles. The van der Waals surface area contributed by atoms with Crippen molar-refractivity contribution in [3.05, 3.63) is 40.4 Å². The Kier molecular flexibility index (Phi) is 4.68. The van der Waals surface area contributed by atoms with Gasteiger partial charge in [-0.1, -0.05) is 34.5 Å². The topological polar surface area (TPSA) is 55.7 Å². The molecule has 0 aromatic heterocycles. The van der Waals surface area contributed by atoms with Crippen molar-refractivity contribution in [3.63, 3.8) is 0 Å². The van der Waals surface area contributed by atoms with Gasteiger partial charge in [0.15, 0.2) is 14.9 Å². The molecule has 1 aliphatic rings. The van der Waals surface area contributed by atoms with Crippen LogP contribution in [0.4, 0.5) is 0 Å². The maximum atomic E-state index is 12.6. The predicted molar refractivity (Wildman–Crippen MR) is 90.7 cm³/mol. The quantitative estimate of drug-likeness (QED) is 0.833. The van der Waals surface area contributed by atoms with E-state index in [4.69, 9.17) is 16.4 Å². The SMILES string of the molecule is CC(C)=C(CS(=O)(=O)C1=NOC(C)(C)C1)c1ccc(Cl)cc1. The third kappa shape index (κ3) is 3.90. The van der Waals surface area contributed by atoms with Gasteiger partial charge in [0.2, 0.25) is 0 Å². The van der Waals surface area contributed by atoms with Gasteiger partial charge in [0.25, 0.3) is 0 Å². The number of nitrogens with zero attached hydrogens (tertiary/aromatic N) is 1. The average Bonchev–Trinajstić information content (AvgIpc) is 2.78. The largest absolute Gasteiger partial charge is 0.389 e. The summed E-state index contributed by atoms with van der Waals surface area (Å²) >= 11 is 5.89. The second-order valence-electron chi connectivity index (χ2n) is 6.26. The zero-order chi connectivity index (χ0) is 16.5. The number of oxime groups is 1. The van der Waals surface area contributed by atoms with E-state index in [0.717, 1.165) is 16.7 Å². The van der Waals surface area contributed by atoms with E-state index in [-0.39, 0.29) is 10.8 Å². The lowest BCUT2D eigenvalue weighted by Gasteiger charge is -2.14. The molecule has 0 atom stereocenters. The van der Waals surface area contributed by atoms with Crippen LogP contribution in [-0.2, 0) is 14.7 Å². The lowest BCUT2D eigenvalue weighted by molar-refractivity contribution is 0.0123. The van der Waals surface area contributed by atoms with Gasteiger partial charge < -0.3 is 4.84 Å². The van der Waals surface area contributed by atoms with E-state index in [1.165, 1.54) is 0 Å². The van der Waals surface area contributed by atoms with Crippen LogP contribution in [0, 0.1) is 0 Å². The van der Waals surface area contributed by atoms with Crippen molar-refractivity contribution in [2.75, 3.05) is 5.75 Å². The van der Waals surface area contributed by atoms with Gasteiger partial charge in [-0.2, -0.15) is 0 Å². The van der Waals surface area contributed by atoms with E-state index < -0.39 is 15.4 Å². The van der Waals surface area contributed by atoms with Crippen molar-refractivity contribution < 1.29 is 13.3 Å². The zero-order valence-electron chi connectivity index (χ0n) is 13.2. The van der Waals surface area contributed by atoms with Crippen molar-refractivity contribution in [1.82, 2.24) is 0 Å². The Morgan fingerprint density at radius 1 is 1.27 bits per heavy atom. The van der Waals surface area contributed by atoms with Gasteiger partial charge in [0.05, 0.1) is 5.75 Å². The monoisotopic (exact) mass is 341 g/mol. The van der Waals surface area contributed by atoms with E-state index in [9.17, 15) is 8.42 Å². The number of allylic oxidation sites excluding steroid dienone is 1. The van der Waals surface area contributed by atoms with Crippen molar-refractivity contribution >= 4 is 32.1 Å².